The molecule has 3 rings (SSSR count). The van der Waals surface area contributed by atoms with Crippen molar-refractivity contribution in [3.05, 3.63) is 68.8 Å². The van der Waals surface area contributed by atoms with Crippen LogP contribution in [0.5, 0.6) is 0 Å². The fourth-order valence-corrected chi connectivity index (χ4v) is 2.79. The molecule has 1 aromatic carbocycles. The van der Waals surface area contributed by atoms with E-state index in [2.05, 4.69) is 0 Å². The summed E-state index contributed by atoms with van der Waals surface area (Å²) >= 11 is 0. The molecule has 0 aliphatic heterocycles. The van der Waals surface area contributed by atoms with Crippen molar-refractivity contribution in [1.29, 1.82) is 0 Å². The largest absolute Gasteiger partial charge is 0.465 e. The third-order valence-corrected chi connectivity index (χ3v) is 4.06. The summed E-state index contributed by atoms with van der Waals surface area (Å²) in [5, 5.41) is 0. The van der Waals surface area contributed by atoms with Gasteiger partial charge in [0.15, 0.2) is 11.2 Å². The summed E-state index contributed by atoms with van der Waals surface area (Å²) in [7, 11) is 0. The second-order valence-corrected chi connectivity index (χ2v) is 5.35. The number of hydrogen-bond donors (Lipinski definition) is 0. The number of aryl methyl sites for hydroxylation is 1. The number of benzene rings is 1. The zero-order valence-electron chi connectivity index (χ0n) is 11.6. The molecule has 0 saturated heterocycles. The van der Waals surface area contributed by atoms with Crippen LogP contribution in [0.3, 0.4) is 0 Å². The first kappa shape index (κ1) is 12.9. The molecule has 0 amide bonds. The van der Waals surface area contributed by atoms with Gasteiger partial charge in [0.2, 0.25) is 0 Å². The van der Waals surface area contributed by atoms with Crippen molar-refractivity contribution in [2.45, 2.75) is 32.6 Å². The lowest BCUT2D eigenvalue weighted by Crippen LogP contribution is -2.27. The minimum Gasteiger partial charge on any atom is -0.465 e. The average molecular weight is 268 g/mol. The average Bonchev–Trinajstić information content (AvgIpc) is 2.45. The number of carbonyl (C=O) groups is 1. The first-order valence-electron chi connectivity index (χ1n) is 6.79. The summed E-state index contributed by atoms with van der Waals surface area (Å²) in [5.74, 6) is 1.15. The van der Waals surface area contributed by atoms with Crippen LogP contribution in [-0.4, -0.2) is 5.78 Å². The monoisotopic (exact) mass is 268 g/mol. The quantitative estimate of drug-likeness (QED) is 0.798. The van der Waals surface area contributed by atoms with Crippen molar-refractivity contribution in [2.24, 2.45) is 0 Å². The topological polar surface area (TPSA) is 47.3 Å². The van der Waals surface area contributed by atoms with E-state index < -0.39 is 0 Å². The van der Waals surface area contributed by atoms with Crippen LogP contribution in [0, 0.1) is 13.8 Å². The Morgan fingerprint density at radius 2 is 1.75 bits per heavy atom. The molecule has 1 atom stereocenters. The molecule has 0 unspecified atom stereocenters. The second-order valence-electron chi connectivity index (χ2n) is 5.35. The Balaban J connectivity index is 2.08. The lowest BCUT2D eigenvalue weighted by molar-refractivity contribution is 0.0955. The smallest absolute Gasteiger partial charge is 0.199 e. The molecule has 0 N–H and O–H groups in total. The SMILES string of the molecule is Cc1oc2c(c(=O)c1C)C(=O)C[C@H](c1ccccc1)C2. The Bertz CT molecular complexity index is 726. The van der Waals surface area contributed by atoms with E-state index in [1.165, 1.54) is 0 Å². The second kappa shape index (κ2) is 4.75. The summed E-state index contributed by atoms with van der Waals surface area (Å²) in [6.07, 6.45) is 0.992. The van der Waals surface area contributed by atoms with Gasteiger partial charge >= 0.3 is 0 Å². The Morgan fingerprint density at radius 3 is 2.45 bits per heavy atom. The lowest BCUT2D eigenvalue weighted by Gasteiger charge is -2.23. The number of ketones is 1. The Morgan fingerprint density at radius 1 is 1.05 bits per heavy atom. The normalized spacial score (nSPS) is 17.9. The fraction of sp³-hybridized carbons (Fsp3) is 0.294. The molecule has 1 aliphatic carbocycles. The maximum atomic E-state index is 12.3. The van der Waals surface area contributed by atoms with Gasteiger partial charge < -0.3 is 4.42 Å². The summed E-state index contributed by atoms with van der Waals surface area (Å²) < 4.78 is 5.71. The van der Waals surface area contributed by atoms with Gasteiger partial charge in [0.05, 0.1) is 0 Å². The highest BCUT2D eigenvalue weighted by Crippen LogP contribution is 2.32. The van der Waals surface area contributed by atoms with E-state index in [0.717, 1.165) is 5.56 Å². The van der Waals surface area contributed by atoms with Crippen molar-refractivity contribution in [1.82, 2.24) is 0 Å². The van der Waals surface area contributed by atoms with Crippen molar-refractivity contribution in [3.8, 4) is 0 Å². The van der Waals surface area contributed by atoms with Crippen molar-refractivity contribution in [3.63, 3.8) is 0 Å². The van der Waals surface area contributed by atoms with Crippen LogP contribution < -0.4 is 5.43 Å². The van der Waals surface area contributed by atoms with E-state index in [0.29, 0.717) is 29.9 Å². The molecule has 0 saturated carbocycles. The van der Waals surface area contributed by atoms with Crippen LogP contribution in [0.15, 0.2) is 39.5 Å². The first-order chi connectivity index (χ1) is 9.58. The maximum Gasteiger partial charge on any atom is 0.199 e. The number of rotatable bonds is 1. The minimum absolute atomic E-state index is 0.0986. The van der Waals surface area contributed by atoms with E-state index in [1.54, 1.807) is 13.8 Å². The molecular weight excluding hydrogens is 252 g/mol. The van der Waals surface area contributed by atoms with Crippen LogP contribution >= 0.6 is 0 Å². The summed E-state index contributed by atoms with van der Waals surface area (Å²) in [6.45, 7) is 3.48. The molecule has 3 nitrogen and oxygen atoms in total. The number of carbonyl (C=O) groups excluding carboxylic acids is 1. The van der Waals surface area contributed by atoms with Gasteiger partial charge in [0.1, 0.15) is 17.1 Å². The van der Waals surface area contributed by atoms with E-state index in [-0.39, 0.29) is 22.7 Å². The molecule has 20 heavy (non-hydrogen) atoms. The van der Waals surface area contributed by atoms with Crippen molar-refractivity contribution in [2.75, 3.05) is 0 Å². The van der Waals surface area contributed by atoms with Crippen LogP contribution in [0.25, 0.3) is 0 Å². The van der Waals surface area contributed by atoms with Crippen molar-refractivity contribution >= 4 is 5.78 Å². The third-order valence-electron chi connectivity index (χ3n) is 4.06. The highest BCUT2D eigenvalue weighted by atomic mass is 16.3. The van der Waals surface area contributed by atoms with Gasteiger partial charge in [0.25, 0.3) is 0 Å². The summed E-state index contributed by atoms with van der Waals surface area (Å²) in [5.41, 5.74) is 1.75. The number of Topliss-reactive ketones (excluding diaryl/α,β-unsaturated/α-hetero) is 1. The molecule has 1 aliphatic rings. The molecule has 1 aromatic heterocycles. The number of fused-ring (bicyclic) bond motifs is 1. The molecular formula is C17H16O3. The molecule has 3 heteroatoms. The van der Waals surface area contributed by atoms with E-state index in [9.17, 15) is 9.59 Å². The fourth-order valence-electron chi connectivity index (χ4n) is 2.79. The van der Waals surface area contributed by atoms with Gasteiger partial charge in [0, 0.05) is 18.4 Å². The molecule has 102 valence electrons. The van der Waals surface area contributed by atoms with Crippen LogP contribution in [0.1, 0.15) is 45.3 Å². The molecule has 0 bridgehead atoms. The lowest BCUT2D eigenvalue weighted by atomic mass is 9.82. The van der Waals surface area contributed by atoms with Gasteiger partial charge in [-0.3, -0.25) is 9.59 Å². The van der Waals surface area contributed by atoms with Gasteiger partial charge in [-0.2, -0.15) is 0 Å². The zero-order chi connectivity index (χ0) is 14.3. The van der Waals surface area contributed by atoms with Gasteiger partial charge in [-0.05, 0) is 25.3 Å². The van der Waals surface area contributed by atoms with Crippen molar-refractivity contribution < 1.29 is 9.21 Å². The third kappa shape index (κ3) is 1.99. The highest BCUT2D eigenvalue weighted by molar-refractivity contribution is 5.98. The zero-order valence-corrected chi connectivity index (χ0v) is 11.6. The Hall–Kier alpha value is -2.16. The summed E-state index contributed by atoms with van der Waals surface area (Å²) in [6, 6.07) is 9.91. The van der Waals surface area contributed by atoms with Gasteiger partial charge in [-0.25, -0.2) is 0 Å². The predicted octanol–water partition coefficient (Wildman–Crippen LogP) is 3.17. The molecule has 0 spiro atoms. The molecule has 1 heterocycles. The predicted molar refractivity (Wildman–Crippen MR) is 76.3 cm³/mol. The van der Waals surface area contributed by atoms with E-state index in [1.807, 2.05) is 30.3 Å². The van der Waals surface area contributed by atoms with E-state index in [4.69, 9.17) is 4.42 Å². The Labute approximate surface area is 117 Å². The molecule has 0 fully saturated rings. The maximum absolute atomic E-state index is 12.3. The van der Waals surface area contributed by atoms with E-state index >= 15 is 0 Å². The van der Waals surface area contributed by atoms with Gasteiger partial charge in [-0.1, -0.05) is 30.3 Å². The first-order valence-corrected chi connectivity index (χ1v) is 6.79. The van der Waals surface area contributed by atoms with Crippen LogP contribution in [-0.2, 0) is 6.42 Å². The van der Waals surface area contributed by atoms with Crippen LogP contribution in [0.2, 0.25) is 0 Å². The van der Waals surface area contributed by atoms with Crippen LogP contribution in [0.4, 0.5) is 0 Å². The summed E-state index contributed by atoms with van der Waals surface area (Å²) in [4.78, 5) is 24.5. The number of hydrogen-bond acceptors (Lipinski definition) is 3. The highest BCUT2D eigenvalue weighted by Gasteiger charge is 2.31. The molecule has 0 radical (unpaired) electrons. The standard InChI is InChI=1S/C17H16O3/c1-10-11(2)20-15-9-13(12-6-4-3-5-7-12)8-14(18)16(15)17(10)19/h3-7,13H,8-9H2,1-2H3/t13-/m0/s1. The molecule has 2 aromatic rings. The van der Waals surface area contributed by atoms with Gasteiger partial charge in [-0.15, -0.1) is 0 Å². The minimum atomic E-state index is -0.166. The Kier molecular flexibility index (Phi) is 3.05.